The van der Waals surface area contributed by atoms with E-state index in [1.165, 1.54) is 12.1 Å². The van der Waals surface area contributed by atoms with Gasteiger partial charge in [-0.3, -0.25) is 9.59 Å². The zero-order valence-corrected chi connectivity index (χ0v) is 13.3. The number of halogens is 1. The van der Waals surface area contributed by atoms with Gasteiger partial charge in [-0.1, -0.05) is 25.0 Å². The second-order valence-corrected chi connectivity index (χ2v) is 5.88. The number of benzene rings is 1. The van der Waals surface area contributed by atoms with Gasteiger partial charge in [-0.05, 0) is 37.0 Å². The topological polar surface area (TPSA) is 75.4 Å². The van der Waals surface area contributed by atoms with Crippen molar-refractivity contribution in [2.24, 2.45) is 5.73 Å². The van der Waals surface area contributed by atoms with E-state index in [0.29, 0.717) is 13.0 Å². The number of amides is 2. The fourth-order valence-corrected chi connectivity index (χ4v) is 2.98. The van der Waals surface area contributed by atoms with Gasteiger partial charge in [0, 0.05) is 12.6 Å². The van der Waals surface area contributed by atoms with Crippen LogP contribution in [0.5, 0.6) is 0 Å². The van der Waals surface area contributed by atoms with Crippen LogP contribution in [-0.4, -0.2) is 42.4 Å². The third-order valence-corrected chi connectivity index (χ3v) is 4.26. The van der Waals surface area contributed by atoms with Gasteiger partial charge >= 0.3 is 0 Å². The van der Waals surface area contributed by atoms with Gasteiger partial charge in [-0.25, -0.2) is 4.39 Å². The highest BCUT2D eigenvalue weighted by molar-refractivity contribution is 5.85. The molecule has 5 nitrogen and oxygen atoms in total. The summed E-state index contributed by atoms with van der Waals surface area (Å²) in [5, 5.41) is 2.54. The second-order valence-electron chi connectivity index (χ2n) is 5.88. The molecule has 0 bridgehead atoms. The van der Waals surface area contributed by atoms with Crippen molar-refractivity contribution in [3.05, 3.63) is 35.6 Å². The molecule has 1 aliphatic carbocycles. The molecule has 0 aromatic heterocycles. The average molecular weight is 321 g/mol. The molecule has 1 aliphatic rings. The van der Waals surface area contributed by atoms with E-state index in [2.05, 4.69) is 5.32 Å². The predicted molar refractivity (Wildman–Crippen MR) is 86.1 cm³/mol. The SMILES string of the molecule is NCC(=O)NCC(=O)N(CCc1ccc(F)cc1)C1CCCC1. The lowest BCUT2D eigenvalue weighted by molar-refractivity contribution is -0.134. The van der Waals surface area contributed by atoms with E-state index in [-0.39, 0.29) is 36.8 Å². The van der Waals surface area contributed by atoms with E-state index in [1.807, 2.05) is 4.90 Å². The van der Waals surface area contributed by atoms with E-state index in [0.717, 1.165) is 31.2 Å². The number of nitrogens with zero attached hydrogens (tertiary/aromatic N) is 1. The Balaban J connectivity index is 1.94. The van der Waals surface area contributed by atoms with Crippen LogP contribution in [0.4, 0.5) is 4.39 Å². The predicted octanol–water partition coefficient (Wildman–Crippen LogP) is 1.21. The van der Waals surface area contributed by atoms with Crippen molar-refractivity contribution in [3.63, 3.8) is 0 Å². The Labute approximate surface area is 136 Å². The van der Waals surface area contributed by atoms with Crippen molar-refractivity contribution in [1.82, 2.24) is 10.2 Å². The molecule has 3 N–H and O–H groups in total. The van der Waals surface area contributed by atoms with Crippen LogP contribution in [0.2, 0.25) is 0 Å². The van der Waals surface area contributed by atoms with Gasteiger partial charge in [-0.15, -0.1) is 0 Å². The molecule has 0 heterocycles. The molecule has 1 fully saturated rings. The zero-order chi connectivity index (χ0) is 16.7. The first-order chi connectivity index (χ1) is 11.1. The molecule has 1 aromatic rings. The third-order valence-electron chi connectivity index (χ3n) is 4.26. The summed E-state index contributed by atoms with van der Waals surface area (Å²) < 4.78 is 13.0. The van der Waals surface area contributed by atoms with Gasteiger partial charge in [-0.2, -0.15) is 0 Å². The van der Waals surface area contributed by atoms with E-state index in [4.69, 9.17) is 5.73 Å². The number of carbonyl (C=O) groups excluding carboxylic acids is 2. The Bertz CT molecular complexity index is 527. The molecule has 0 unspecified atom stereocenters. The van der Waals surface area contributed by atoms with E-state index >= 15 is 0 Å². The maximum Gasteiger partial charge on any atom is 0.242 e. The molecule has 2 amide bonds. The summed E-state index contributed by atoms with van der Waals surface area (Å²) in [6, 6.07) is 6.57. The van der Waals surface area contributed by atoms with Crippen molar-refractivity contribution in [1.29, 1.82) is 0 Å². The highest BCUT2D eigenvalue weighted by atomic mass is 19.1. The zero-order valence-electron chi connectivity index (χ0n) is 13.3. The van der Waals surface area contributed by atoms with Crippen molar-refractivity contribution in [2.45, 2.75) is 38.1 Å². The van der Waals surface area contributed by atoms with Crippen molar-refractivity contribution in [2.75, 3.05) is 19.6 Å². The molecule has 6 heteroatoms. The lowest BCUT2D eigenvalue weighted by Gasteiger charge is -2.29. The molecular weight excluding hydrogens is 297 g/mol. The first-order valence-electron chi connectivity index (χ1n) is 8.11. The maximum atomic E-state index is 13.0. The van der Waals surface area contributed by atoms with Crippen LogP contribution >= 0.6 is 0 Å². The molecule has 0 atom stereocenters. The highest BCUT2D eigenvalue weighted by Gasteiger charge is 2.26. The molecule has 0 radical (unpaired) electrons. The number of rotatable bonds is 7. The fourth-order valence-electron chi connectivity index (χ4n) is 2.98. The van der Waals surface area contributed by atoms with Crippen LogP contribution in [0.1, 0.15) is 31.2 Å². The monoisotopic (exact) mass is 321 g/mol. The summed E-state index contributed by atoms with van der Waals surface area (Å²) >= 11 is 0. The molecule has 126 valence electrons. The Kier molecular flexibility index (Phi) is 6.52. The Hall–Kier alpha value is -1.95. The number of hydrogen-bond donors (Lipinski definition) is 2. The van der Waals surface area contributed by atoms with Gasteiger partial charge in [0.15, 0.2) is 0 Å². The van der Waals surface area contributed by atoms with E-state index in [1.54, 1.807) is 12.1 Å². The van der Waals surface area contributed by atoms with E-state index < -0.39 is 0 Å². The number of nitrogens with one attached hydrogen (secondary N) is 1. The van der Waals surface area contributed by atoms with Gasteiger partial charge < -0.3 is 16.0 Å². The standard InChI is InChI=1S/C17H24FN3O2/c18-14-7-5-13(6-8-14)9-10-21(15-3-1-2-4-15)17(23)12-20-16(22)11-19/h5-8,15H,1-4,9-12,19H2,(H,20,22). The molecular formula is C17H24FN3O2. The minimum absolute atomic E-state index is 0.0179. The summed E-state index contributed by atoms with van der Waals surface area (Å²) in [6.07, 6.45) is 4.92. The molecule has 1 saturated carbocycles. The summed E-state index contributed by atoms with van der Waals surface area (Å²) in [6.45, 7) is 0.440. The summed E-state index contributed by atoms with van der Waals surface area (Å²) in [7, 11) is 0. The minimum Gasteiger partial charge on any atom is -0.346 e. The van der Waals surface area contributed by atoms with Crippen LogP contribution in [0.15, 0.2) is 24.3 Å². The maximum absolute atomic E-state index is 13.0. The van der Waals surface area contributed by atoms with Gasteiger partial charge in [0.2, 0.25) is 11.8 Å². The minimum atomic E-state index is -0.330. The normalized spacial score (nSPS) is 14.7. The third kappa shape index (κ3) is 5.32. The highest BCUT2D eigenvalue weighted by Crippen LogP contribution is 2.23. The smallest absolute Gasteiger partial charge is 0.242 e. The number of nitrogens with two attached hydrogens (primary N) is 1. The quantitative estimate of drug-likeness (QED) is 0.793. The number of hydrogen-bond acceptors (Lipinski definition) is 3. The van der Waals surface area contributed by atoms with Gasteiger partial charge in [0.05, 0.1) is 13.1 Å². The second kappa shape index (κ2) is 8.62. The lowest BCUT2D eigenvalue weighted by atomic mass is 10.1. The number of carbonyl (C=O) groups is 2. The lowest BCUT2D eigenvalue weighted by Crippen LogP contribution is -2.46. The first-order valence-corrected chi connectivity index (χ1v) is 8.11. The van der Waals surface area contributed by atoms with Crippen LogP contribution in [-0.2, 0) is 16.0 Å². The van der Waals surface area contributed by atoms with Crippen molar-refractivity contribution < 1.29 is 14.0 Å². The van der Waals surface area contributed by atoms with Crippen LogP contribution in [0.3, 0.4) is 0 Å². The molecule has 23 heavy (non-hydrogen) atoms. The summed E-state index contributed by atoms with van der Waals surface area (Å²) in [5.41, 5.74) is 6.23. The van der Waals surface area contributed by atoms with E-state index in [9.17, 15) is 14.0 Å². The van der Waals surface area contributed by atoms with Crippen LogP contribution in [0.25, 0.3) is 0 Å². The van der Waals surface area contributed by atoms with Crippen LogP contribution < -0.4 is 11.1 Å². The van der Waals surface area contributed by atoms with Crippen molar-refractivity contribution in [3.8, 4) is 0 Å². The van der Waals surface area contributed by atoms with Gasteiger partial charge in [0.25, 0.3) is 0 Å². The molecule has 0 spiro atoms. The molecule has 2 rings (SSSR count). The Morgan fingerprint density at radius 1 is 1.22 bits per heavy atom. The largest absolute Gasteiger partial charge is 0.346 e. The molecule has 1 aromatic carbocycles. The summed E-state index contributed by atoms with van der Waals surface area (Å²) in [5.74, 6) is -0.675. The first kappa shape index (κ1) is 17.4. The van der Waals surface area contributed by atoms with Crippen molar-refractivity contribution >= 4 is 11.8 Å². The molecule has 0 aliphatic heterocycles. The summed E-state index contributed by atoms with van der Waals surface area (Å²) in [4.78, 5) is 25.5. The fraction of sp³-hybridized carbons (Fsp3) is 0.529. The molecule has 0 saturated heterocycles. The van der Waals surface area contributed by atoms with Gasteiger partial charge in [0.1, 0.15) is 5.82 Å². The Morgan fingerprint density at radius 2 is 1.87 bits per heavy atom. The Morgan fingerprint density at radius 3 is 2.48 bits per heavy atom. The average Bonchev–Trinajstić information content (AvgIpc) is 3.08. The van der Waals surface area contributed by atoms with Crippen LogP contribution in [0, 0.1) is 5.82 Å².